The molecule has 0 amide bonds. The molecule has 0 aromatic heterocycles. The Morgan fingerprint density at radius 2 is 2.11 bits per heavy atom. The van der Waals surface area contributed by atoms with Crippen LogP contribution in [0.3, 0.4) is 0 Å². The fourth-order valence-corrected chi connectivity index (χ4v) is 2.15. The van der Waals surface area contributed by atoms with E-state index in [1.807, 2.05) is 0 Å². The number of aryl methyl sites for hydroxylation is 1. The minimum atomic E-state index is 0.366. The third-order valence-electron chi connectivity index (χ3n) is 3.14. The number of hydrogen-bond acceptors (Lipinski definition) is 1. The summed E-state index contributed by atoms with van der Waals surface area (Å²) in [5, 5.41) is 4.56. The van der Waals surface area contributed by atoms with Crippen LogP contribution in [0, 0.1) is 0 Å². The summed E-state index contributed by atoms with van der Waals surface area (Å²) in [6, 6.07) is 8.74. The zero-order valence-corrected chi connectivity index (χ0v) is 15.3. The van der Waals surface area contributed by atoms with Gasteiger partial charge in [-0.25, -0.2) is 0 Å². The van der Waals surface area contributed by atoms with Gasteiger partial charge < -0.3 is 5.32 Å². The molecule has 5 heteroatoms. The number of benzene rings is 1. The molecule has 1 aromatic carbocycles. The van der Waals surface area contributed by atoms with Crippen LogP contribution in [0.5, 0.6) is 0 Å². The maximum atomic E-state index is 4.73. The van der Waals surface area contributed by atoms with Gasteiger partial charge in [-0.1, -0.05) is 44.0 Å². The van der Waals surface area contributed by atoms with Gasteiger partial charge in [-0.15, -0.1) is 6.54 Å². The van der Waals surface area contributed by atoms with Gasteiger partial charge in [-0.05, 0) is 30.7 Å². The Bertz CT molecular complexity index is 404. The van der Waals surface area contributed by atoms with Crippen LogP contribution in [0.1, 0.15) is 32.3 Å². The molecular weight excluding hydrogens is 415 g/mol. The Morgan fingerprint density at radius 3 is 2.68 bits per heavy atom. The molecule has 1 unspecified atom stereocenters. The van der Waals surface area contributed by atoms with E-state index < -0.39 is 0 Å². The molecule has 1 aliphatic rings. The van der Waals surface area contributed by atoms with E-state index in [0.717, 1.165) is 18.7 Å². The molecular formula is C14H19Br2N2Ni. The van der Waals surface area contributed by atoms with E-state index >= 15 is 0 Å². The average Bonchev–Trinajstić information content (AvgIpc) is 2.94. The standard InChI is InChI=1S/C14H19N2.2BrH.Ni/c1-3-12-7-4-5-8-14(12)16-11(2)13-9-6-10-15-13;;;/h4-5,7-8,13H,3,6,9-10H2,1-2H3;2*1H;/q-1;;;+3/p-2. The van der Waals surface area contributed by atoms with Crippen LogP contribution < -0.4 is 0 Å². The number of halogens is 2. The summed E-state index contributed by atoms with van der Waals surface area (Å²) in [5.74, 6) is 0. The second-order valence-corrected chi connectivity index (χ2v) is 9.33. The summed E-state index contributed by atoms with van der Waals surface area (Å²) in [6.45, 7) is 5.28. The van der Waals surface area contributed by atoms with Crippen LogP contribution in [0.15, 0.2) is 29.3 Å². The first-order valence-electron chi connectivity index (χ1n) is 6.35. The van der Waals surface area contributed by atoms with Crippen molar-refractivity contribution in [3.63, 3.8) is 0 Å². The molecule has 0 N–H and O–H groups in total. The van der Waals surface area contributed by atoms with Crippen LogP contribution in [0.2, 0.25) is 0 Å². The molecule has 1 heterocycles. The number of aliphatic imine (C=N–C) groups is 1. The van der Waals surface area contributed by atoms with Crippen LogP contribution in [0.25, 0.3) is 5.32 Å². The zero-order valence-electron chi connectivity index (χ0n) is 11.2. The molecule has 109 valence electrons. The molecule has 1 aromatic rings. The van der Waals surface area contributed by atoms with Gasteiger partial charge >= 0.3 is 39.3 Å². The van der Waals surface area contributed by atoms with E-state index in [1.54, 1.807) is 0 Å². The summed E-state index contributed by atoms with van der Waals surface area (Å²) in [6.07, 6.45) is 3.42. The fourth-order valence-electron chi connectivity index (χ4n) is 2.15. The fraction of sp³-hybridized carbons (Fsp3) is 0.500. The maximum absolute atomic E-state index is 4.73. The summed E-state index contributed by atoms with van der Waals surface area (Å²) < 4.78 is 0. The van der Waals surface area contributed by atoms with Gasteiger partial charge in [0.25, 0.3) is 0 Å². The summed E-state index contributed by atoms with van der Waals surface area (Å²) >= 11 is 6.00. The molecule has 1 atom stereocenters. The zero-order chi connectivity index (χ0) is 14.1. The molecule has 2 rings (SSSR count). The Morgan fingerprint density at radius 1 is 1.42 bits per heavy atom. The van der Waals surface area contributed by atoms with Crippen molar-refractivity contribution in [3.05, 3.63) is 35.1 Å². The number of rotatable bonds is 3. The topological polar surface area (TPSA) is 26.5 Å². The summed E-state index contributed by atoms with van der Waals surface area (Å²) in [4.78, 5) is 4.73. The molecule has 0 radical (unpaired) electrons. The Kier molecular flexibility index (Phi) is 9.22. The van der Waals surface area contributed by atoms with Gasteiger partial charge in [0.15, 0.2) is 0 Å². The minimum absolute atomic E-state index is 0.366. The molecule has 1 aliphatic heterocycles. The van der Waals surface area contributed by atoms with Crippen molar-refractivity contribution < 1.29 is 10.9 Å². The molecule has 0 saturated carbocycles. The van der Waals surface area contributed by atoms with Gasteiger partial charge in [-0.2, -0.15) is 0 Å². The Hall–Kier alpha value is 0.304. The van der Waals surface area contributed by atoms with Crippen molar-refractivity contribution in [2.45, 2.75) is 39.2 Å². The van der Waals surface area contributed by atoms with Crippen molar-refractivity contribution in [3.8, 4) is 0 Å². The normalized spacial score (nSPS) is 19.2. The molecule has 0 aliphatic carbocycles. The predicted octanol–water partition coefficient (Wildman–Crippen LogP) is 5.57. The van der Waals surface area contributed by atoms with Crippen LogP contribution in [0.4, 0.5) is 5.69 Å². The molecule has 19 heavy (non-hydrogen) atoms. The third-order valence-corrected chi connectivity index (χ3v) is 3.14. The molecule has 0 spiro atoms. The van der Waals surface area contributed by atoms with E-state index in [9.17, 15) is 0 Å². The van der Waals surface area contributed by atoms with Gasteiger partial charge in [0.1, 0.15) is 0 Å². The van der Waals surface area contributed by atoms with Crippen LogP contribution in [-0.4, -0.2) is 18.3 Å². The second kappa shape index (κ2) is 10.1. The second-order valence-electron chi connectivity index (χ2n) is 4.34. The monoisotopic (exact) mass is 431 g/mol. The van der Waals surface area contributed by atoms with Crippen molar-refractivity contribution in [1.29, 1.82) is 0 Å². The van der Waals surface area contributed by atoms with Gasteiger partial charge in [0, 0.05) is 0 Å². The van der Waals surface area contributed by atoms with Crippen LogP contribution in [-0.2, 0) is 17.3 Å². The SMILES string of the molecule is CCc1ccccc1N=C(C)C1CCC[N-]1.[Br][Ni+][Br]. The Labute approximate surface area is 136 Å². The molecule has 0 bridgehead atoms. The van der Waals surface area contributed by atoms with Crippen molar-refractivity contribution >= 4 is 39.9 Å². The molecule has 1 fully saturated rings. The van der Waals surface area contributed by atoms with Gasteiger partial charge in [-0.3, -0.25) is 4.99 Å². The number of hydrogen-bond donors (Lipinski definition) is 0. The van der Waals surface area contributed by atoms with E-state index in [4.69, 9.17) is 4.99 Å². The predicted molar refractivity (Wildman–Crippen MR) is 87.7 cm³/mol. The van der Waals surface area contributed by atoms with Crippen molar-refractivity contribution in [2.75, 3.05) is 6.54 Å². The van der Waals surface area contributed by atoms with E-state index in [2.05, 4.69) is 71.9 Å². The first kappa shape index (κ1) is 17.4. The average molecular weight is 434 g/mol. The molecule has 1 saturated heterocycles. The van der Waals surface area contributed by atoms with Crippen molar-refractivity contribution in [2.24, 2.45) is 4.99 Å². The van der Waals surface area contributed by atoms with Crippen molar-refractivity contribution in [1.82, 2.24) is 0 Å². The Balaban J connectivity index is 0.000000550. The van der Waals surface area contributed by atoms with E-state index in [0.29, 0.717) is 6.04 Å². The van der Waals surface area contributed by atoms with Crippen LogP contribution >= 0.6 is 28.5 Å². The summed E-state index contributed by atoms with van der Waals surface area (Å²) in [7, 11) is 1.25. The summed E-state index contributed by atoms with van der Waals surface area (Å²) in [5.41, 5.74) is 3.60. The quantitative estimate of drug-likeness (QED) is 0.440. The number of nitrogens with zero attached hydrogens (tertiary/aromatic N) is 2. The van der Waals surface area contributed by atoms with E-state index in [-0.39, 0.29) is 0 Å². The first-order chi connectivity index (χ1) is 9.22. The third kappa shape index (κ3) is 6.07. The molecule has 2 nitrogen and oxygen atoms in total. The van der Waals surface area contributed by atoms with Gasteiger partial charge in [0.2, 0.25) is 0 Å². The van der Waals surface area contributed by atoms with E-state index in [1.165, 1.54) is 35.0 Å². The van der Waals surface area contributed by atoms with Gasteiger partial charge in [0.05, 0.1) is 5.69 Å². The number of para-hydroxylation sites is 1. The first-order valence-corrected chi connectivity index (χ1v) is 11.2.